The molecule has 1 aromatic carbocycles. The average molecular weight is 353 g/mol. The maximum Gasteiger partial charge on any atom is 0.372 e. The van der Waals surface area contributed by atoms with Crippen LogP contribution < -0.4 is 5.32 Å². The number of fused-ring (bicyclic) bond motifs is 1. The molecule has 7 nitrogen and oxygen atoms in total. The Bertz CT molecular complexity index is 902. The summed E-state index contributed by atoms with van der Waals surface area (Å²) in [5.74, 6) is 0.251. The predicted octanol–water partition coefficient (Wildman–Crippen LogP) is 3.70. The van der Waals surface area contributed by atoms with Gasteiger partial charge in [0.15, 0.2) is 0 Å². The fourth-order valence-corrected chi connectivity index (χ4v) is 3.03. The summed E-state index contributed by atoms with van der Waals surface area (Å²) in [6.07, 6.45) is 1.65. The van der Waals surface area contributed by atoms with E-state index in [1.165, 1.54) is 9.96 Å². The number of hydrogen-bond acceptors (Lipinski definition) is 5. The summed E-state index contributed by atoms with van der Waals surface area (Å²) in [4.78, 5) is 17.8. The first kappa shape index (κ1) is 17.9. The third-order valence-corrected chi connectivity index (χ3v) is 4.53. The van der Waals surface area contributed by atoms with Gasteiger partial charge in [-0.05, 0) is 35.2 Å². The van der Waals surface area contributed by atoms with Gasteiger partial charge in [-0.15, -0.1) is 0 Å². The van der Waals surface area contributed by atoms with Crippen molar-refractivity contribution in [2.45, 2.75) is 26.9 Å². The highest BCUT2D eigenvalue weighted by molar-refractivity contribution is 5.62. The lowest BCUT2D eigenvalue weighted by Crippen LogP contribution is -2.23. The third-order valence-electron chi connectivity index (χ3n) is 4.53. The Morgan fingerprint density at radius 2 is 1.81 bits per heavy atom. The Labute approximate surface area is 152 Å². The highest BCUT2D eigenvalue weighted by atomic mass is 16.6. The van der Waals surface area contributed by atoms with Crippen molar-refractivity contribution in [3.05, 3.63) is 69.9 Å². The van der Waals surface area contributed by atoms with Crippen molar-refractivity contribution >= 4 is 17.3 Å². The van der Waals surface area contributed by atoms with Crippen LogP contribution in [0.25, 0.3) is 5.65 Å². The molecule has 136 valence electrons. The first-order chi connectivity index (χ1) is 12.6. The zero-order valence-electron chi connectivity index (χ0n) is 15.1. The Balaban J connectivity index is 1.85. The average Bonchev–Trinajstić information content (AvgIpc) is 3.03. The molecule has 0 atom stereocenters. The molecule has 0 aliphatic heterocycles. The van der Waals surface area contributed by atoms with Gasteiger partial charge in [-0.3, -0.25) is 4.90 Å². The molecule has 2 heterocycles. The number of benzene rings is 1. The van der Waals surface area contributed by atoms with Gasteiger partial charge in [-0.1, -0.05) is 44.2 Å². The molecule has 0 fully saturated rings. The minimum atomic E-state index is -0.399. The molecular formula is C19H23N5O2. The van der Waals surface area contributed by atoms with E-state index in [0.29, 0.717) is 18.0 Å². The lowest BCUT2D eigenvalue weighted by molar-refractivity contribution is -0.389. The van der Waals surface area contributed by atoms with Crippen LogP contribution in [0.1, 0.15) is 25.0 Å². The van der Waals surface area contributed by atoms with Crippen LogP contribution in [0.15, 0.2) is 48.7 Å². The molecule has 2 aromatic heterocycles. The normalized spacial score (nSPS) is 11.2. The fraction of sp³-hybridized carbons (Fsp3) is 0.316. The van der Waals surface area contributed by atoms with Crippen molar-refractivity contribution in [1.29, 1.82) is 0 Å². The van der Waals surface area contributed by atoms with E-state index in [4.69, 9.17) is 0 Å². The molecule has 0 aliphatic rings. The van der Waals surface area contributed by atoms with Gasteiger partial charge >= 0.3 is 5.82 Å². The number of imidazole rings is 1. The topological polar surface area (TPSA) is 75.7 Å². The number of hydrogen-bond donors (Lipinski definition) is 1. The van der Waals surface area contributed by atoms with Gasteiger partial charge in [-0.2, -0.15) is 9.38 Å². The highest BCUT2D eigenvalue weighted by Crippen LogP contribution is 2.26. The quantitative estimate of drug-likeness (QED) is 0.494. The van der Waals surface area contributed by atoms with Gasteiger partial charge in [-0.25, -0.2) is 0 Å². The van der Waals surface area contributed by atoms with E-state index < -0.39 is 4.92 Å². The minimum Gasteiger partial charge on any atom is -0.359 e. The summed E-state index contributed by atoms with van der Waals surface area (Å²) in [7, 11) is 0. The summed E-state index contributed by atoms with van der Waals surface area (Å²) < 4.78 is 1.49. The molecule has 3 rings (SSSR count). The number of aromatic nitrogens is 2. The van der Waals surface area contributed by atoms with Crippen LogP contribution in [0.4, 0.5) is 11.6 Å². The third kappa shape index (κ3) is 3.67. The van der Waals surface area contributed by atoms with Gasteiger partial charge in [0.25, 0.3) is 0 Å². The first-order valence-electron chi connectivity index (χ1n) is 8.78. The maximum absolute atomic E-state index is 11.5. The van der Waals surface area contributed by atoms with Crippen LogP contribution in [0, 0.1) is 10.1 Å². The van der Waals surface area contributed by atoms with Crippen molar-refractivity contribution in [3.8, 4) is 0 Å². The number of pyridine rings is 1. The molecule has 0 bridgehead atoms. The maximum atomic E-state index is 11.5. The molecule has 0 amide bonds. The number of rotatable bonds is 8. The van der Waals surface area contributed by atoms with Crippen molar-refractivity contribution < 1.29 is 4.92 Å². The number of nitrogens with zero attached hydrogens (tertiary/aromatic N) is 4. The summed E-state index contributed by atoms with van der Waals surface area (Å²) in [6, 6.07) is 13.5. The van der Waals surface area contributed by atoms with Gasteiger partial charge in [0, 0.05) is 19.2 Å². The molecule has 7 heteroatoms. The van der Waals surface area contributed by atoms with E-state index >= 15 is 0 Å². The van der Waals surface area contributed by atoms with E-state index in [-0.39, 0.29) is 5.82 Å². The van der Waals surface area contributed by atoms with E-state index in [0.717, 1.165) is 25.2 Å². The van der Waals surface area contributed by atoms with Crippen LogP contribution in [-0.2, 0) is 13.1 Å². The van der Waals surface area contributed by atoms with Crippen LogP contribution >= 0.6 is 0 Å². The van der Waals surface area contributed by atoms with Crippen molar-refractivity contribution in [2.75, 3.05) is 18.4 Å². The van der Waals surface area contributed by atoms with Crippen LogP contribution in [-0.4, -0.2) is 32.3 Å². The molecule has 0 saturated heterocycles. The fourth-order valence-electron chi connectivity index (χ4n) is 3.03. The monoisotopic (exact) mass is 353 g/mol. The molecule has 3 aromatic rings. The summed E-state index contributed by atoms with van der Waals surface area (Å²) in [5, 5.41) is 14.7. The highest BCUT2D eigenvalue weighted by Gasteiger charge is 2.22. The first-order valence-corrected chi connectivity index (χ1v) is 8.78. The zero-order chi connectivity index (χ0) is 18.5. The molecule has 0 radical (unpaired) electrons. The Morgan fingerprint density at radius 3 is 2.50 bits per heavy atom. The lowest BCUT2D eigenvalue weighted by Gasteiger charge is -2.20. The second kappa shape index (κ2) is 7.97. The van der Waals surface area contributed by atoms with Crippen LogP contribution in [0.2, 0.25) is 0 Å². The smallest absolute Gasteiger partial charge is 0.359 e. The molecule has 0 saturated carbocycles. The number of nitrogens with one attached hydrogen (secondary N) is 1. The largest absolute Gasteiger partial charge is 0.372 e. The molecule has 0 unspecified atom stereocenters. The van der Waals surface area contributed by atoms with Gasteiger partial charge < -0.3 is 15.4 Å². The van der Waals surface area contributed by atoms with E-state index in [2.05, 4.69) is 35.1 Å². The van der Waals surface area contributed by atoms with Crippen molar-refractivity contribution in [2.24, 2.45) is 0 Å². The van der Waals surface area contributed by atoms with E-state index in [1.807, 2.05) is 24.3 Å². The summed E-state index contributed by atoms with van der Waals surface area (Å²) >= 11 is 0. The second-order valence-electron chi connectivity index (χ2n) is 6.05. The molecule has 26 heavy (non-hydrogen) atoms. The minimum absolute atomic E-state index is 0.0400. The lowest BCUT2D eigenvalue weighted by atomic mass is 10.1. The number of anilines is 1. The van der Waals surface area contributed by atoms with Crippen molar-refractivity contribution in [1.82, 2.24) is 14.3 Å². The summed E-state index contributed by atoms with van der Waals surface area (Å²) in [5.41, 5.74) is 2.89. The van der Waals surface area contributed by atoms with Gasteiger partial charge in [0.05, 0.1) is 6.20 Å². The Kier molecular flexibility index (Phi) is 5.48. The summed E-state index contributed by atoms with van der Waals surface area (Å²) in [6.45, 7) is 7.60. The number of nitro groups is 1. The van der Waals surface area contributed by atoms with E-state index in [9.17, 15) is 10.1 Å². The SMILES string of the molecule is CCN(CC)Cc1ccccc1CNc1nc2ccccn2c1[N+](=O)[O-]. The standard InChI is InChI=1S/C19H23N5O2/c1-3-22(4-2)14-16-10-6-5-9-15(16)13-20-18-19(24(25)26)23-12-8-7-11-17(23)21-18/h5-12,20H,3-4,13-14H2,1-2H3. The Hall–Kier alpha value is -2.93. The zero-order valence-corrected chi connectivity index (χ0v) is 15.1. The molecule has 0 spiro atoms. The van der Waals surface area contributed by atoms with Crippen LogP contribution in [0.5, 0.6) is 0 Å². The van der Waals surface area contributed by atoms with Crippen molar-refractivity contribution in [3.63, 3.8) is 0 Å². The Morgan fingerprint density at radius 1 is 1.12 bits per heavy atom. The predicted molar refractivity (Wildman–Crippen MR) is 102 cm³/mol. The second-order valence-corrected chi connectivity index (χ2v) is 6.05. The molecule has 0 aliphatic carbocycles. The van der Waals surface area contributed by atoms with Gasteiger partial charge in [0.1, 0.15) is 0 Å². The van der Waals surface area contributed by atoms with Crippen LogP contribution in [0.3, 0.4) is 0 Å². The van der Waals surface area contributed by atoms with Gasteiger partial charge in [0.2, 0.25) is 11.5 Å². The molecule has 1 N–H and O–H groups in total. The van der Waals surface area contributed by atoms with E-state index in [1.54, 1.807) is 18.3 Å². The molecular weight excluding hydrogens is 330 g/mol.